The maximum absolute atomic E-state index is 10.8. The Hall–Kier alpha value is -3.73. The molecule has 0 radical (unpaired) electrons. The highest BCUT2D eigenvalue weighted by molar-refractivity contribution is 5.86. The van der Waals surface area contributed by atoms with Crippen LogP contribution in [0.15, 0.2) is 60.7 Å². The Kier molecular flexibility index (Phi) is 5.42. The van der Waals surface area contributed by atoms with Crippen molar-refractivity contribution in [3.63, 3.8) is 0 Å². The van der Waals surface area contributed by atoms with E-state index in [0.29, 0.717) is 5.75 Å². The van der Waals surface area contributed by atoms with E-state index in [1.165, 1.54) is 5.57 Å². The van der Waals surface area contributed by atoms with Crippen LogP contribution in [0.5, 0.6) is 17.2 Å². The standard InChI is InChI=1S/C26H25NO4/c1-16(2)18-7-11-21-23(13-18)31-24-14-19(27(3)4)8-12-22(24)26(21)17-5-9-20(10-6-17)30-15-25(28)29/h5-14H,15H2,1-4H3,(H,28,29). The van der Waals surface area contributed by atoms with E-state index in [-0.39, 0.29) is 6.61 Å². The summed E-state index contributed by atoms with van der Waals surface area (Å²) in [6.45, 7) is 3.81. The van der Waals surface area contributed by atoms with E-state index in [0.717, 1.165) is 44.3 Å². The predicted molar refractivity (Wildman–Crippen MR) is 122 cm³/mol. The Morgan fingerprint density at radius 2 is 1.71 bits per heavy atom. The molecule has 0 aliphatic carbocycles. The first-order valence-corrected chi connectivity index (χ1v) is 10.1. The average Bonchev–Trinajstić information content (AvgIpc) is 2.75. The summed E-state index contributed by atoms with van der Waals surface area (Å²) in [7, 11) is 4.01. The zero-order valence-corrected chi connectivity index (χ0v) is 18.1. The minimum atomic E-state index is -0.999. The summed E-state index contributed by atoms with van der Waals surface area (Å²) in [4.78, 5) is 12.8. The van der Waals surface area contributed by atoms with Crippen molar-refractivity contribution in [2.45, 2.75) is 13.8 Å². The molecule has 4 rings (SSSR count). The first kappa shape index (κ1) is 20.5. The lowest BCUT2D eigenvalue weighted by Gasteiger charge is -2.23. The van der Waals surface area contributed by atoms with Gasteiger partial charge in [-0.25, -0.2) is 4.79 Å². The fraction of sp³-hybridized carbons (Fsp3) is 0.192. The number of rotatable bonds is 5. The van der Waals surface area contributed by atoms with Gasteiger partial charge in [-0.15, -0.1) is 0 Å². The SMILES string of the molecule is CC(C)=c1ccc2c(c1)Oc1cc(N(C)C)ccc1C=2c1ccc(OCC(=O)O)cc1. The van der Waals surface area contributed by atoms with Crippen LogP contribution in [0.1, 0.15) is 25.0 Å². The van der Waals surface area contributed by atoms with Gasteiger partial charge in [0.15, 0.2) is 6.61 Å². The molecule has 3 aromatic carbocycles. The third-order valence-electron chi connectivity index (χ3n) is 5.30. The Labute approximate surface area is 181 Å². The molecule has 0 unspecified atom stereocenters. The number of aliphatic carboxylic acids is 1. The topological polar surface area (TPSA) is 59.0 Å². The number of benzene rings is 3. The number of hydrogen-bond donors (Lipinski definition) is 1. The summed E-state index contributed by atoms with van der Waals surface area (Å²) in [5.41, 5.74) is 5.39. The molecule has 0 spiro atoms. The zero-order valence-electron chi connectivity index (χ0n) is 18.1. The second-order valence-corrected chi connectivity index (χ2v) is 7.97. The van der Waals surface area contributed by atoms with Gasteiger partial charge >= 0.3 is 5.97 Å². The zero-order chi connectivity index (χ0) is 22.1. The maximum atomic E-state index is 10.8. The van der Waals surface area contributed by atoms with Gasteiger partial charge in [-0.05, 0) is 61.0 Å². The van der Waals surface area contributed by atoms with Gasteiger partial charge in [0.2, 0.25) is 0 Å². The van der Waals surface area contributed by atoms with Crippen LogP contribution < -0.4 is 24.8 Å². The third-order valence-corrected chi connectivity index (χ3v) is 5.30. The van der Waals surface area contributed by atoms with Crippen molar-refractivity contribution >= 4 is 22.8 Å². The molecule has 0 bridgehead atoms. The smallest absolute Gasteiger partial charge is 0.341 e. The number of hydrogen-bond acceptors (Lipinski definition) is 4. The number of carboxylic acids is 1. The van der Waals surface area contributed by atoms with Crippen LogP contribution in [0.25, 0.3) is 11.1 Å². The van der Waals surface area contributed by atoms with E-state index >= 15 is 0 Å². The molecule has 31 heavy (non-hydrogen) atoms. The predicted octanol–water partition coefficient (Wildman–Crippen LogP) is 3.76. The highest BCUT2D eigenvalue weighted by Crippen LogP contribution is 2.38. The highest BCUT2D eigenvalue weighted by Gasteiger charge is 2.21. The van der Waals surface area contributed by atoms with E-state index in [4.69, 9.17) is 14.6 Å². The van der Waals surface area contributed by atoms with Crippen LogP contribution in [0.4, 0.5) is 5.69 Å². The van der Waals surface area contributed by atoms with Gasteiger partial charge in [-0.2, -0.15) is 0 Å². The highest BCUT2D eigenvalue weighted by atomic mass is 16.5. The van der Waals surface area contributed by atoms with Crippen molar-refractivity contribution in [3.8, 4) is 17.2 Å². The molecule has 0 aromatic heterocycles. The van der Waals surface area contributed by atoms with Gasteiger partial charge in [0.1, 0.15) is 17.2 Å². The van der Waals surface area contributed by atoms with Gasteiger partial charge in [0, 0.05) is 42.2 Å². The van der Waals surface area contributed by atoms with Gasteiger partial charge in [-0.1, -0.05) is 23.8 Å². The van der Waals surface area contributed by atoms with Gasteiger partial charge in [0.25, 0.3) is 0 Å². The van der Waals surface area contributed by atoms with Crippen LogP contribution in [0, 0.1) is 0 Å². The number of fused-ring (bicyclic) bond motifs is 2. The Bertz CT molecular complexity index is 1270. The normalized spacial score (nSPS) is 11.8. The summed E-state index contributed by atoms with van der Waals surface area (Å²) in [5.74, 6) is 1.16. The molecular weight excluding hydrogens is 390 g/mol. The monoisotopic (exact) mass is 415 g/mol. The molecule has 1 heterocycles. The number of anilines is 1. The Morgan fingerprint density at radius 3 is 2.35 bits per heavy atom. The van der Waals surface area contributed by atoms with Gasteiger partial charge < -0.3 is 19.5 Å². The summed E-state index contributed by atoms with van der Waals surface area (Å²) < 4.78 is 11.6. The minimum absolute atomic E-state index is 0.363. The molecule has 3 aromatic rings. The minimum Gasteiger partial charge on any atom is -0.482 e. The Morgan fingerprint density at radius 1 is 0.968 bits per heavy atom. The fourth-order valence-electron chi connectivity index (χ4n) is 3.64. The summed E-state index contributed by atoms with van der Waals surface area (Å²) in [6.07, 6.45) is 0. The molecule has 0 saturated heterocycles. The molecule has 1 aliphatic rings. The third kappa shape index (κ3) is 4.12. The van der Waals surface area contributed by atoms with Crippen molar-refractivity contribution in [1.29, 1.82) is 0 Å². The quantitative estimate of drug-likeness (QED) is 0.538. The van der Waals surface area contributed by atoms with E-state index in [1.807, 2.05) is 31.1 Å². The lowest BCUT2D eigenvalue weighted by Crippen LogP contribution is -2.20. The lowest BCUT2D eigenvalue weighted by molar-refractivity contribution is -0.139. The summed E-state index contributed by atoms with van der Waals surface area (Å²) >= 11 is 0. The van der Waals surface area contributed by atoms with Crippen LogP contribution in [-0.4, -0.2) is 31.8 Å². The molecule has 0 amide bonds. The van der Waals surface area contributed by atoms with Crippen molar-refractivity contribution in [1.82, 2.24) is 0 Å². The van der Waals surface area contributed by atoms with Gasteiger partial charge in [0.05, 0.1) is 0 Å². The first-order chi connectivity index (χ1) is 14.8. The maximum Gasteiger partial charge on any atom is 0.341 e. The van der Waals surface area contributed by atoms with E-state index in [9.17, 15) is 4.79 Å². The molecule has 0 fully saturated rings. The lowest BCUT2D eigenvalue weighted by atomic mass is 9.92. The average molecular weight is 415 g/mol. The number of ether oxygens (including phenoxy) is 2. The largest absolute Gasteiger partial charge is 0.482 e. The second kappa shape index (κ2) is 8.19. The number of nitrogens with zero attached hydrogens (tertiary/aromatic N) is 1. The first-order valence-electron chi connectivity index (χ1n) is 10.1. The number of carboxylic acid groups (broad SMARTS) is 1. The van der Waals surface area contributed by atoms with Crippen molar-refractivity contribution < 1.29 is 19.4 Å². The van der Waals surface area contributed by atoms with Crippen molar-refractivity contribution in [3.05, 3.63) is 82.2 Å². The van der Waals surface area contributed by atoms with Crippen molar-refractivity contribution in [2.75, 3.05) is 25.6 Å². The van der Waals surface area contributed by atoms with Crippen molar-refractivity contribution in [2.24, 2.45) is 0 Å². The van der Waals surface area contributed by atoms with Crippen LogP contribution in [-0.2, 0) is 4.79 Å². The Balaban J connectivity index is 1.90. The number of carbonyl (C=O) groups is 1. The molecule has 1 aliphatic heterocycles. The molecule has 0 atom stereocenters. The van der Waals surface area contributed by atoms with E-state index < -0.39 is 5.97 Å². The fourth-order valence-corrected chi connectivity index (χ4v) is 3.64. The molecule has 0 saturated carbocycles. The van der Waals surface area contributed by atoms with Gasteiger partial charge in [-0.3, -0.25) is 0 Å². The molecule has 5 nitrogen and oxygen atoms in total. The molecule has 158 valence electrons. The molecule has 1 N–H and O–H groups in total. The molecular formula is C26H25NO4. The van der Waals surface area contributed by atoms with Crippen LogP contribution in [0.3, 0.4) is 0 Å². The van der Waals surface area contributed by atoms with Crippen LogP contribution >= 0.6 is 0 Å². The van der Waals surface area contributed by atoms with Crippen LogP contribution in [0.2, 0.25) is 0 Å². The van der Waals surface area contributed by atoms with E-state index in [1.54, 1.807) is 12.1 Å². The second-order valence-electron chi connectivity index (χ2n) is 7.97. The summed E-state index contributed by atoms with van der Waals surface area (Å²) in [6, 6.07) is 20.0. The summed E-state index contributed by atoms with van der Waals surface area (Å²) in [5, 5.41) is 11.0. The van der Waals surface area contributed by atoms with E-state index in [2.05, 4.69) is 50.2 Å². The molecule has 5 heteroatoms.